The van der Waals surface area contributed by atoms with E-state index >= 15 is 0 Å². The summed E-state index contributed by atoms with van der Waals surface area (Å²) >= 11 is 0. The van der Waals surface area contributed by atoms with E-state index in [1.54, 1.807) is 6.20 Å². The predicted octanol–water partition coefficient (Wildman–Crippen LogP) is 1.39. The molecule has 1 saturated heterocycles. The van der Waals surface area contributed by atoms with E-state index in [1.807, 2.05) is 28.8 Å². The lowest BCUT2D eigenvalue weighted by Crippen LogP contribution is -2.41. The van der Waals surface area contributed by atoms with Gasteiger partial charge >= 0.3 is 0 Å². The molecule has 1 fully saturated rings. The number of carbonyl (C=O) groups excluding carboxylic acids is 1. The van der Waals surface area contributed by atoms with Crippen LogP contribution in [-0.4, -0.2) is 45.2 Å². The largest absolute Gasteiger partial charge is 0.488 e. The number of hydrogen-bond acceptors (Lipinski definition) is 4. The summed E-state index contributed by atoms with van der Waals surface area (Å²) in [5.41, 5.74) is 0. The van der Waals surface area contributed by atoms with E-state index < -0.39 is 6.10 Å². The van der Waals surface area contributed by atoms with Gasteiger partial charge < -0.3 is 19.3 Å². The molecular weight excluding hydrogens is 282 g/mol. The summed E-state index contributed by atoms with van der Waals surface area (Å²) in [6, 6.07) is 0. The third-order valence-electron chi connectivity index (χ3n) is 4.54. The van der Waals surface area contributed by atoms with Gasteiger partial charge in [0.2, 0.25) is 0 Å². The molecular formula is C16H23N3O3. The second kappa shape index (κ2) is 6.52. The minimum absolute atomic E-state index is 0.00960. The van der Waals surface area contributed by atoms with Crippen LogP contribution in [0.5, 0.6) is 0 Å². The van der Waals surface area contributed by atoms with Crippen LogP contribution in [0.3, 0.4) is 0 Å². The standard InChI is InChI=1S/C16H23N3O3/c1-18-10-7-17-15(18)14(20)12-5-8-19(9-6-12)16(21)13-4-2-3-11-22-13/h4,7,10,12,14,20H,2-3,5-6,8-9,11H2,1H3. The molecule has 2 aliphatic rings. The summed E-state index contributed by atoms with van der Waals surface area (Å²) < 4.78 is 7.30. The second-order valence-electron chi connectivity index (χ2n) is 6.03. The Labute approximate surface area is 130 Å². The van der Waals surface area contributed by atoms with Crippen molar-refractivity contribution in [3.8, 4) is 0 Å². The van der Waals surface area contributed by atoms with Crippen molar-refractivity contribution >= 4 is 5.91 Å². The number of rotatable bonds is 3. The predicted molar refractivity (Wildman–Crippen MR) is 80.7 cm³/mol. The summed E-state index contributed by atoms with van der Waals surface area (Å²) in [4.78, 5) is 18.4. The van der Waals surface area contributed by atoms with Crippen molar-refractivity contribution in [2.45, 2.75) is 31.8 Å². The van der Waals surface area contributed by atoms with Crippen molar-refractivity contribution in [1.82, 2.24) is 14.5 Å². The second-order valence-corrected chi connectivity index (χ2v) is 6.03. The van der Waals surface area contributed by atoms with Crippen LogP contribution in [0.1, 0.15) is 37.6 Å². The van der Waals surface area contributed by atoms with Crippen molar-refractivity contribution in [1.29, 1.82) is 0 Å². The number of carbonyl (C=O) groups is 1. The molecule has 0 bridgehead atoms. The number of piperidine rings is 1. The number of aromatic nitrogens is 2. The fourth-order valence-electron chi connectivity index (χ4n) is 3.15. The van der Waals surface area contributed by atoms with E-state index in [1.165, 1.54) is 0 Å². The first-order valence-electron chi connectivity index (χ1n) is 7.94. The van der Waals surface area contributed by atoms with Crippen molar-refractivity contribution in [3.63, 3.8) is 0 Å². The Balaban J connectivity index is 1.57. The summed E-state index contributed by atoms with van der Waals surface area (Å²) in [6.45, 7) is 1.95. The molecule has 6 nitrogen and oxygen atoms in total. The topological polar surface area (TPSA) is 67.6 Å². The zero-order chi connectivity index (χ0) is 15.5. The number of imidazole rings is 1. The number of likely N-dealkylation sites (tertiary alicyclic amines) is 1. The lowest BCUT2D eigenvalue weighted by atomic mass is 9.90. The van der Waals surface area contributed by atoms with E-state index in [0.29, 0.717) is 31.3 Å². The number of hydrogen-bond donors (Lipinski definition) is 1. The molecule has 0 aromatic carbocycles. The average Bonchev–Trinajstić information content (AvgIpc) is 3.00. The number of aliphatic hydroxyl groups is 1. The third-order valence-corrected chi connectivity index (χ3v) is 4.54. The number of nitrogens with zero attached hydrogens (tertiary/aromatic N) is 3. The van der Waals surface area contributed by atoms with Gasteiger partial charge in [0.05, 0.1) is 6.61 Å². The van der Waals surface area contributed by atoms with Crippen LogP contribution >= 0.6 is 0 Å². The Bertz CT molecular complexity index is 559. The molecule has 1 N–H and O–H groups in total. The lowest BCUT2D eigenvalue weighted by Gasteiger charge is -2.34. The number of aliphatic hydroxyl groups excluding tert-OH is 1. The summed E-state index contributed by atoms with van der Waals surface area (Å²) in [5.74, 6) is 1.33. The molecule has 2 aliphatic heterocycles. The van der Waals surface area contributed by atoms with Gasteiger partial charge in [-0.15, -0.1) is 0 Å². The Morgan fingerprint density at radius 1 is 1.45 bits per heavy atom. The Morgan fingerprint density at radius 2 is 2.23 bits per heavy atom. The normalized spacial score (nSPS) is 21.2. The van der Waals surface area contributed by atoms with E-state index in [-0.39, 0.29) is 11.8 Å². The van der Waals surface area contributed by atoms with Crippen molar-refractivity contribution in [3.05, 3.63) is 30.1 Å². The molecule has 120 valence electrons. The first-order valence-corrected chi connectivity index (χ1v) is 7.94. The molecule has 1 atom stereocenters. The highest BCUT2D eigenvalue weighted by molar-refractivity contribution is 5.91. The zero-order valence-electron chi connectivity index (χ0n) is 12.9. The Kier molecular flexibility index (Phi) is 4.47. The van der Waals surface area contributed by atoms with Crippen molar-refractivity contribution in [2.75, 3.05) is 19.7 Å². The fourth-order valence-corrected chi connectivity index (χ4v) is 3.15. The van der Waals surface area contributed by atoms with Crippen LogP contribution in [0.4, 0.5) is 0 Å². The maximum atomic E-state index is 12.4. The van der Waals surface area contributed by atoms with Crippen LogP contribution in [0.2, 0.25) is 0 Å². The zero-order valence-corrected chi connectivity index (χ0v) is 12.9. The van der Waals surface area contributed by atoms with Crippen LogP contribution < -0.4 is 0 Å². The number of aryl methyl sites for hydroxylation is 1. The van der Waals surface area contributed by atoms with Gasteiger partial charge in [-0.3, -0.25) is 4.79 Å². The molecule has 3 rings (SSSR count). The first kappa shape index (κ1) is 15.1. The lowest BCUT2D eigenvalue weighted by molar-refractivity contribution is -0.133. The van der Waals surface area contributed by atoms with E-state index in [4.69, 9.17) is 4.74 Å². The molecule has 1 aromatic rings. The SMILES string of the molecule is Cn1ccnc1C(O)C1CCN(C(=O)C2=CCCCO2)CC1. The first-order chi connectivity index (χ1) is 10.7. The number of ether oxygens (including phenoxy) is 1. The van der Waals surface area contributed by atoms with Gasteiger partial charge in [0.25, 0.3) is 5.91 Å². The Morgan fingerprint density at radius 3 is 2.82 bits per heavy atom. The van der Waals surface area contributed by atoms with Crippen molar-refractivity contribution < 1.29 is 14.6 Å². The van der Waals surface area contributed by atoms with Gasteiger partial charge in [-0.25, -0.2) is 4.98 Å². The monoisotopic (exact) mass is 305 g/mol. The number of allylic oxidation sites excluding steroid dienone is 1. The smallest absolute Gasteiger partial charge is 0.288 e. The van der Waals surface area contributed by atoms with Gasteiger partial charge in [0.15, 0.2) is 5.76 Å². The van der Waals surface area contributed by atoms with Gasteiger partial charge in [0, 0.05) is 32.5 Å². The number of amides is 1. The minimum atomic E-state index is -0.567. The van der Waals surface area contributed by atoms with Crippen LogP contribution in [0.25, 0.3) is 0 Å². The molecule has 0 spiro atoms. The molecule has 22 heavy (non-hydrogen) atoms. The summed E-state index contributed by atoms with van der Waals surface area (Å²) in [5, 5.41) is 10.5. The highest BCUT2D eigenvalue weighted by Crippen LogP contribution is 2.30. The molecule has 0 saturated carbocycles. The van der Waals surface area contributed by atoms with Crippen LogP contribution in [0, 0.1) is 5.92 Å². The molecule has 0 radical (unpaired) electrons. The van der Waals surface area contributed by atoms with E-state index in [9.17, 15) is 9.90 Å². The van der Waals surface area contributed by atoms with Gasteiger partial charge in [-0.2, -0.15) is 0 Å². The molecule has 1 unspecified atom stereocenters. The highest BCUT2D eigenvalue weighted by atomic mass is 16.5. The molecule has 3 heterocycles. The quantitative estimate of drug-likeness (QED) is 0.916. The summed E-state index contributed by atoms with van der Waals surface area (Å²) in [7, 11) is 1.89. The Hall–Kier alpha value is -1.82. The molecule has 0 aliphatic carbocycles. The average molecular weight is 305 g/mol. The highest BCUT2D eigenvalue weighted by Gasteiger charge is 2.31. The van der Waals surface area contributed by atoms with E-state index in [2.05, 4.69) is 4.98 Å². The van der Waals surface area contributed by atoms with E-state index in [0.717, 1.165) is 25.7 Å². The molecule has 6 heteroatoms. The maximum absolute atomic E-state index is 12.4. The van der Waals surface area contributed by atoms with Crippen LogP contribution in [-0.2, 0) is 16.6 Å². The third kappa shape index (κ3) is 3.02. The minimum Gasteiger partial charge on any atom is -0.488 e. The van der Waals surface area contributed by atoms with Crippen molar-refractivity contribution in [2.24, 2.45) is 13.0 Å². The van der Waals surface area contributed by atoms with Gasteiger partial charge in [0.1, 0.15) is 11.9 Å². The van der Waals surface area contributed by atoms with Gasteiger partial charge in [-0.1, -0.05) is 0 Å². The maximum Gasteiger partial charge on any atom is 0.288 e. The summed E-state index contributed by atoms with van der Waals surface area (Å²) in [6.07, 6.45) is 8.32. The van der Waals surface area contributed by atoms with Gasteiger partial charge in [-0.05, 0) is 37.7 Å². The molecule has 1 aromatic heterocycles. The molecule has 1 amide bonds. The fraction of sp³-hybridized carbons (Fsp3) is 0.625. The van der Waals surface area contributed by atoms with Crippen LogP contribution in [0.15, 0.2) is 24.2 Å².